The summed E-state index contributed by atoms with van der Waals surface area (Å²) < 4.78 is 5.77. The molecule has 1 aromatic heterocycles. The molecule has 2 heterocycles. The van der Waals surface area contributed by atoms with E-state index in [9.17, 15) is 0 Å². The van der Waals surface area contributed by atoms with E-state index in [0.29, 0.717) is 12.6 Å². The Morgan fingerprint density at radius 2 is 2.41 bits per heavy atom. The van der Waals surface area contributed by atoms with Crippen molar-refractivity contribution >= 4 is 5.82 Å². The molecule has 1 saturated heterocycles. The molecule has 17 heavy (non-hydrogen) atoms. The summed E-state index contributed by atoms with van der Waals surface area (Å²) in [6, 6.07) is 6.05. The van der Waals surface area contributed by atoms with Gasteiger partial charge in [0.15, 0.2) is 0 Å². The third kappa shape index (κ3) is 3.17. The molecule has 0 amide bonds. The Morgan fingerprint density at radius 3 is 3.18 bits per heavy atom. The van der Waals surface area contributed by atoms with Crippen LogP contribution in [0.4, 0.5) is 5.82 Å². The van der Waals surface area contributed by atoms with E-state index in [0.717, 1.165) is 44.0 Å². The molecule has 0 aliphatic carbocycles. The molecule has 4 heteroatoms. The smallest absolute Gasteiger partial charge is 0.128 e. The van der Waals surface area contributed by atoms with Crippen LogP contribution in [0.3, 0.4) is 0 Å². The van der Waals surface area contributed by atoms with Crippen molar-refractivity contribution in [2.45, 2.75) is 32.4 Å². The Labute approximate surface area is 103 Å². The Kier molecular flexibility index (Phi) is 4.34. The second-order valence-corrected chi connectivity index (χ2v) is 4.39. The molecule has 94 valence electrons. The second-order valence-electron chi connectivity index (χ2n) is 4.39. The van der Waals surface area contributed by atoms with E-state index < -0.39 is 0 Å². The second kappa shape index (κ2) is 5.98. The average Bonchev–Trinajstić information content (AvgIpc) is 2.64. The van der Waals surface area contributed by atoms with E-state index in [-0.39, 0.29) is 0 Å². The first-order valence-corrected chi connectivity index (χ1v) is 6.36. The monoisotopic (exact) mass is 235 g/mol. The first-order chi connectivity index (χ1) is 8.33. The minimum absolute atomic E-state index is 0.320. The summed E-state index contributed by atoms with van der Waals surface area (Å²) >= 11 is 0. The van der Waals surface area contributed by atoms with Crippen molar-refractivity contribution in [2.24, 2.45) is 5.73 Å². The van der Waals surface area contributed by atoms with E-state index >= 15 is 0 Å². The molecule has 1 aliphatic rings. The zero-order chi connectivity index (χ0) is 12.1. The van der Waals surface area contributed by atoms with Gasteiger partial charge in [-0.2, -0.15) is 0 Å². The summed E-state index contributed by atoms with van der Waals surface area (Å²) in [5.41, 5.74) is 6.57. The minimum Gasteiger partial charge on any atom is -0.376 e. The highest BCUT2D eigenvalue weighted by atomic mass is 16.5. The van der Waals surface area contributed by atoms with Gasteiger partial charge in [-0.15, -0.1) is 0 Å². The molecule has 0 bridgehead atoms. The largest absolute Gasteiger partial charge is 0.376 e. The Morgan fingerprint density at radius 1 is 1.53 bits per heavy atom. The van der Waals surface area contributed by atoms with Gasteiger partial charge < -0.3 is 15.4 Å². The lowest BCUT2D eigenvalue weighted by molar-refractivity contribution is 0.0664. The minimum atomic E-state index is 0.320. The maximum Gasteiger partial charge on any atom is 0.128 e. The predicted molar refractivity (Wildman–Crippen MR) is 69.0 cm³/mol. The van der Waals surface area contributed by atoms with Gasteiger partial charge in [-0.05, 0) is 25.0 Å². The van der Waals surface area contributed by atoms with Crippen LogP contribution in [0.2, 0.25) is 0 Å². The highest BCUT2D eigenvalue weighted by Gasteiger charge is 2.18. The normalized spacial score (nSPS) is 21.3. The van der Waals surface area contributed by atoms with Crippen molar-refractivity contribution in [3.05, 3.63) is 23.9 Å². The van der Waals surface area contributed by atoms with Gasteiger partial charge >= 0.3 is 0 Å². The highest BCUT2D eigenvalue weighted by Crippen LogP contribution is 2.16. The van der Waals surface area contributed by atoms with Gasteiger partial charge in [-0.3, -0.25) is 0 Å². The van der Waals surface area contributed by atoms with Crippen LogP contribution in [0, 0.1) is 0 Å². The molecule has 1 unspecified atom stereocenters. The number of ether oxygens (including phenoxy) is 1. The molecular formula is C13H21N3O. The van der Waals surface area contributed by atoms with Crippen molar-refractivity contribution in [2.75, 3.05) is 24.6 Å². The van der Waals surface area contributed by atoms with Gasteiger partial charge in [-0.1, -0.05) is 13.0 Å². The van der Waals surface area contributed by atoms with Crippen molar-refractivity contribution in [3.8, 4) is 0 Å². The van der Waals surface area contributed by atoms with Crippen molar-refractivity contribution < 1.29 is 4.74 Å². The van der Waals surface area contributed by atoms with Gasteiger partial charge in [0, 0.05) is 26.2 Å². The van der Waals surface area contributed by atoms with Crippen LogP contribution in [-0.4, -0.2) is 30.8 Å². The number of nitrogens with zero attached hydrogens (tertiary/aromatic N) is 2. The first kappa shape index (κ1) is 12.3. The summed E-state index contributed by atoms with van der Waals surface area (Å²) in [4.78, 5) is 6.88. The van der Waals surface area contributed by atoms with Crippen LogP contribution in [-0.2, 0) is 11.3 Å². The molecule has 1 aliphatic heterocycles. The molecule has 0 radical (unpaired) electrons. The Bertz CT molecular complexity index is 356. The molecule has 0 saturated carbocycles. The fourth-order valence-corrected chi connectivity index (χ4v) is 2.11. The summed E-state index contributed by atoms with van der Waals surface area (Å²) in [6.07, 6.45) is 2.43. The molecular weight excluding hydrogens is 214 g/mol. The molecule has 2 N–H and O–H groups in total. The lowest BCUT2D eigenvalue weighted by atomic mass is 10.2. The predicted octanol–water partition coefficient (Wildman–Crippen LogP) is 1.55. The number of hydrogen-bond donors (Lipinski definition) is 1. The lowest BCUT2D eigenvalue weighted by Gasteiger charge is -2.24. The lowest BCUT2D eigenvalue weighted by Crippen LogP contribution is -2.32. The van der Waals surface area contributed by atoms with Gasteiger partial charge in [0.2, 0.25) is 0 Å². The van der Waals surface area contributed by atoms with E-state index in [1.807, 2.05) is 12.1 Å². The molecule has 1 atom stereocenters. The Balaban J connectivity index is 2.13. The average molecular weight is 235 g/mol. The molecule has 1 aromatic rings. The summed E-state index contributed by atoms with van der Waals surface area (Å²) in [5, 5.41) is 0. The highest BCUT2D eigenvalue weighted by molar-refractivity contribution is 5.39. The number of nitrogens with two attached hydrogens (primary N) is 1. The standard InChI is InChI=1S/C13H21N3O/c1-2-12-10-16(7-4-8-17-12)13-6-3-5-11(9-14)15-13/h3,5-6,12H,2,4,7-10,14H2,1H3. The molecule has 4 nitrogen and oxygen atoms in total. The third-order valence-corrected chi connectivity index (χ3v) is 3.13. The van der Waals surface area contributed by atoms with Gasteiger partial charge in [0.25, 0.3) is 0 Å². The van der Waals surface area contributed by atoms with E-state index in [1.54, 1.807) is 0 Å². The number of rotatable bonds is 3. The van der Waals surface area contributed by atoms with Crippen LogP contribution in [0.25, 0.3) is 0 Å². The van der Waals surface area contributed by atoms with Crippen LogP contribution >= 0.6 is 0 Å². The number of hydrogen-bond acceptors (Lipinski definition) is 4. The fourth-order valence-electron chi connectivity index (χ4n) is 2.11. The van der Waals surface area contributed by atoms with Crippen molar-refractivity contribution in [1.29, 1.82) is 0 Å². The van der Waals surface area contributed by atoms with Crippen LogP contribution in [0.1, 0.15) is 25.5 Å². The van der Waals surface area contributed by atoms with Crippen LogP contribution < -0.4 is 10.6 Å². The fraction of sp³-hybridized carbons (Fsp3) is 0.615. The van der Waals surface area contributed by atoms with Crippen molar-refractivity contribution in [1.82, 2.24) is 4.98 Å². The number of pyridine rings is 1. The maximum absolute atomic E-state index is 5.77. The van der Waals surface area contributed by atoms with E-state index in [4.69, 9.17) is 10.5 Å². The van der Waals surface area contributed by atoms with Crippen LogP contribution in [0.5, 0.6) is 0 Å². The first-order valence-electron chi connectivity index (χ1n) is 6.36. The van der Waals surface area contributed by atoms with Crippen LogP contribution in [0.15, 0.2) is 18.2 Å². The Hall–Kier alpha value is -1.13. The quantitative estimate of drug-likeness (QED) is 0.863. The zero-order valence-electron chi connectivity index (χ0n) is 10.4. The van der Waals surface area contributed by atoms with Gasteiger partial charge in [0.1, 0.15) is 5.82 Å². The van der Waals surface area contributed by atoms with Crippen molar-refractivity contribution in [3.63, 3.8) is 0 Å². The topological polar surface area (TPSA) is 51.4 Å². The third-order valence-electron chi connectivity index (χ3n) is 3.13. The number of anilines is 1. The SMILES string of the molecule is CCC1CN(c2cccc(CN)n2)CCCO1. The van der Waals surface area contributed by atoms with E-state index in [1.165, 1.54) is 0 Å². The maximum atomic E-state index is 5.77. The molecule has 2 rings (SSSR count). The van der Waals surface area contributed by atoms with E-state index in [2.05, 4.69) is 22.9 Å². The number of aromatic nitrogens is 1. The summed E-state index contributed by atoms with van der Waals surface area (Å²) in [6.45, 7) is 5.45. The molecule has 1 fully saturated rings. The van der Waals surface area contributed by atoms with Gasteiger partial charge in [-0.25, -0.2) is 4.98 Å². The zero-order valence-corrected chi connectivity index (χ0v) is 10.4. The van der Waals surface area contributed by atoms with Gasteiger partial charge in [0.05, 0.1) is 11.8 Å². The molecule has 0 spiro atoms. The summed E-state index contributed by atoms with van der Waals surface area (Å²) in [5.74, 6) is 1.02. The molecule has 0 aromatic carbocycles. The summed E-state index contributed by atoms with van der Waals surface area (Å²) in [7, 11) is 0.